The van der Waals surface area contributed by atoms with Gasteiger partial charge in [-0.1, -0.05) is 29.8 Å². The van der Waals surface area contributed by atoms with Crippen LogP contribution in [0.25, 0.3) is 0 Å². The first-order valence-electron chi connectivity index (χ1n) is 7.28. The Morgan fingerprint density at radius 1 is 1.09 bits per heavy atom. The fraction of sp³-hybridized carbons (Fsp3) is 0.375. The van der Waals surface area contributed by atoms with E-state index in [0.29, 0.717) is 24.6 Å². The second kappa shape index (κ2) is 5.46. The van der Waals surface area contributed by atoms with Crippen LogP contribution < -0.4 is 16.6 Å². The zero-order chi connectivity index (χ0) is 15.9. The third kappa shape index (κ3) is 2.46. The first kappa shape index (κ1) is 14.6. The molecule has 0 fully saturated rings. The van der Waals surface area contributed by atoms with Crippen LogP contribution in [0.1, 0.15) is 16.7 Å². The molecule has 1 aliphatic heterocycles. The van der Waals surface area contributed by atoms with Crippen LogP contribution in [0.2, 0.25) is 0 Å². The van der Waals surface area contributed by atoms with E-state index >= 15 is 0 Å². The SMILES string of the molecule is Cc1ccc(CN2CNc3c(c(=O)n(C)c(=O)n3C)C2)cc1. The quantitative estimate of drug-likeness (QED) is 0.890. The summed E-state index contributed by atoms with van der Waals surface area (Å²) in [6, 6.07) is 8.38. The van der Waals surface area contributed by atoms with Crippen molar-refractivity contribution in [3.05, 3.63) is 61.8 Å². The molecule has 0 radical (unpaired) electrons. The van der Waals surface area contributed by atoms with Crippen LogP contribution in [0, 0.1) is 6.92 Å². The normalized spacial score (nSPS) is 14.5. The van der Waals surface area contributed by atoms with Crippen LogP contribution in [0.3, 0.4) is 0 Å². The van der Waals surface area contributed by atoms with E-state index in [1.165, 1.54) is 22.7 Å². The lowest BCUT2D eigenvalue weighted by atomic mass is 10.1. The van der Waals surface area contributed by atoms with Gasteiger partial charge in [0.05, 0.1) is 12.2 Å². The fourth-order valence-electron chi connectivity index (χ4n) is 2.81. The Labute approximate surface area is 128 Å². The highest BCUT2D eigenvalue weighted by Crippen LogP contribution is 2.18. The van der Waals surface area contributed by atoms with Crippen molar-refractivity contribution in [3.8, 4) is 0 Å². The summed E-state index contributed by atoms with van der Waals surface area (Å²) in [5, 5.41) is 3.20. The molecule has 0 amide bonds. The molecule has 1 aliphatic rings. The summed E-state index contributed by atoms with van der Waals surface area (Å²) in [6.45, 7) is 3.98. The van der Waals surface area contributed by atoms with Gasteiger partial charge in [-0.15, -0.1) is 0 Å². The van der Waals surface area contributed by atoms with Crippen molar-refractivity contribution >= 4 is 5.82 Å². The number of rotatable bonds is 2. The van der Waals surface area contributed by atoms with Gasteiger partial charge in [-0.2, -0.15) is 0 Å². The number of aromatic nitrogens is 2. The maximum atomic E-state index is 12.3. The summed E-state index contributed by atoms with van der Waals surface area (Å²) in [5.41, 5.74) is 2.55. The number of nitrogens with one attached hydrogen (secondary N) is 1. The van der Waals surface area contributed by atoms with E-state index in [0.717, 1.165) is 11.1 Å². The molecule has 1 aromatic heterocycles. The molecular weight excluding hydrogens is 280 g/mol. The predicted molar refractivity (Wildman–Crippen MR) is 85.8 cm³/mol. The Kier molecular flexibility index (Phi) is 3.62. The standard InChI is InChI=1S/C16H20N4O2/c1-11-4-6-12(7-5-11)8-20-9-13-14(17-10-20)18(2)16(22)19(3)15(13)21/h4-7,17H,8-10H2,1-3H3. The van der Waals surface area contributed by atoms with Crippen LogP contribution in [0.5, 0.6) is 0 Å². The molecule has 1 N–H and O–H groups in total. The fourth-order valence-corrected chi connectivity index (χ4v) is 2.81. The van der Waals surface area contributed by atoms with Gasteiger partial charge in [-0.05, 0) is 12.5 Å². The van der Waals surface area contributed by atoms with Gasteiger partial charge in [0.15, 0.2) is 0 Å². The zero-order valence-corrected chi connectivity index (χ0v) is 13.1. The van der Waals surface area contributed by atoms with Gasteiger partial charge in [0, 0.05) is 27.2 Å². The first-order valence-corrected chi connectivity index (χ1v) is 7.28. The Morgan fingerprint density at radius 2 is 1.77 bits per heavy atom. The molecule has 2 aromatic rings. The highest BCUT2D eigenvalue weighted by atomic mass is 16.2. The monoisotopic (exact) mass is 300 g/mol. The molecule has 2 heterocycles. The lowest BCUT2D eigenvalue weighted by molar-refractivity contribution is 0.262. The average Bonchev–Trinajstić information content (AvgIpc) is 2.53. The highest BCUT2D eigenvalue weighted by molar-refractivity contribution is 5.45. The molecule has 0 aliphatic carbocycles. The van der Waals surface area contributed by atoms with E-state index in [9.17, 15) is 9.59 Å². The molecule has 0 saturated heterocycles. The number of fused-ring (bicyclic) bond motifs is 1. The number of aryl methyl sites for hydroxylation is 1. The van der Waals surface area contributed by atoms with Crippen LogP contribution in [0.4, 0.5) is 5.82 Å². The molecule has 1 aromatic carbocycles. The smallest absolute Gasteiger partial charge is 0.332 e. The number of anilines is 1. The van der Waals surface area contributed by atoms with Gasteiger partial charge in [0.1, 0.15) is 5.82 Å². The van der Waals surface area contributed by atoms with Gasteiger partial charge in [0.2, 0.25) is 0 Å². The van der Waals surface area contributed by atoms with Gasteiger partial charge >= 0.3 is 5.69 Å². The van der Waals surface area contributed by atoms with Gasteiger partial charge in [-0.3, -0.25) is 18.8 Å². The van der Waals surface area contributed by atoms with Crippen molar-refractivity contribution < 1.29 is 0 Å². The Balaban J connectivity index is 1.89. The minimum Gasteiger partial charge on any atom is -0.358 e. The van der Waals surface area contributed by atoms with Gasteiger partial charge in [-0.25, -0.2) is 4.79 Å². The average molecular weight is 300 g/mol. The van der Waals surface area contributed by atoms with Crippen molar-refractivity contribution in [1.82, 2.24) is 14.0 Å². The molecule has 3 rings (SSSR count). The topological polar surface area (TPSA) is 59.3 Å². The molecule has 6 heteroatoms. The predicted octanol–water partition coefficient (Wildman–Crippen LogP) is 0.778. The van der Waals surface area contributed by atoms with Crippen molar-refractivity contribution in [2.45, 2.75) is 20.0 Å². The molecule has 0 unspecified atom stereocenters. The summed E-state index contributed by atoms with van der Waals surface area (Å²) in [4.78, 5) is 26.4. The Hall–Kier alpha value is -2.34. The molecule has 0 atom stereocenters. The second-order valence-corrected chi connectivity index (χ2v) is 5.84. The van der Waals surface area contributed by atoms with Gasteiger partial charge < -0.3 is 5.32 Å². The minimum atomic E-state index is -0.303. The minimum absolute atomic E-state index is 0.223. The lowest BCUT2D eigenvalue weighted by Crippen LogP contribution is -2.46. The van der Waals surface area contributed by atoms with Crippen LogP contribution in [-0.4, -0.2) is 20.7 Å². The summed E-state index contributed by atoms with van der Waals surface area (Å²) < 4.78 is 2.66. The maximum Gasteiger partial charge on any atom is 0.332 e. The van der Waals surface area contributed by atoms with Crippen LogP contribution in [-0.2, 0) is 27.2 Å². The summed E-state index contributed by atoms with van der Waals surface area (Å²) in [7, 11) is 3.20. The van der Waals surface area contributed by atoms with E-state index in [4.69, 9.17) is 0 Å². The Bertz CT molecular complexity index is 818. The molecular formula is C16H20N4O2. The van der Waals surface area contributed by atoms with E-state index in [2.05, 4.69) is 41.4 Å². The maximum absolute atomic E-state index is 12.3. The van der Waals surface area contributed by atoms with E-state index < -0.39 is 0 Å². The van der Waals surface area contributed by atoms with Crippen LogP contribution in [0.15, 0.2) is 33.9 Å². The summed E-state index contributed by atoms with van der Waals surface area (Å²) in [5.74, 6) is 0.633. The van der Waals surface area contributed by atoms with Crippen molar-refractivity contribution in [3.63, 3.8) is 0 Å². The third-order valence-corrected chi connectivity index (χ3v) is 4.14. The van der Waals surface area contributed by atoms with Crippen molar-refractivity contribution in [1.29, 1.82) is 0 Å². The zero-order valence-electron chi connectivity index (χ0n) is 13.1. The van der Waals surface area contributed by atoms with E-state index in [1.807, 2.05) is 0 Å². The van der Waals surface area contributed by atoms with E-state index in [1.54, 1.807) is 7.05 Å². The molecule has 0 saturated carbocycles. The van der Waals surface area contributed by atoms with E-state index in [-0.39, 0.29) is 11.2 Å². The van der Waals surface area contributed by atoms with Crippen molar-refractivity contribution in [2.24, 2.45) is 14.1 Å². The number of benzene rings is 1. The first-order chi connectivity index (χ1) is 10.5. The number of nitrogens with zero attached hydrogens (tertiary/aromatic N) is 3. The molecule has 116 valence electrons. The van der Waals surface area contributed by atoms with Crippen LogP contribution >= 0.6 is 0 Å². The molecule has 6 nitrogen and oxygen atoms in total. The summed E-state index contributed by atoms with van der Waals surface area (Å²) >= 11 is 0. The second-order valence-electron chi connectivity index (χ2n) is 5.84. The molecule has 22 heavy (non-hydrogen) atoms. The Morgan fingerprint density at radius 3 is 2.45 bits per heavy atom. The third-order valence-electron chi connectivity index (χ3n) is 4.14. The number of hydrogen-bond donors (Lipinski definition) is 1. The summed E-state index contributed by atoms with van der Waals surface area (Å²) in [6.07, 6.45) is 0. The van der Waals surface area contributed by atoms with Gasteiger partial charge in [0.25, 0.3) is 5.56 Å². The number of hydrogen-bond acceptors (Lipinski definition) is 4. The van der Waals surface area contributed by atoms with Crippen molar-refractivity contribution in [2.75, 3.05) is 12.0 Å². The molecule has 0 spiro atoms. The largest absolute Gasteiger partial charge is 0.358 e. The highest BCUT2D eigenvalue weighted by Gasteiger charge is 2.22. The lowest BCUT2D eigenvalue weighted by Gasteiger charge is -2.30. The molecule has 0 bridgehead atoms.